The lowest BCUT2D eigenvalue weighted by atomic mass is 10.1. The Labute approximate surface area is 376 Å². The number of carbonyl (C=O) groups is 3. The van der Waals surface area contributed by atoms with Gasteiger partial charge in [-0.1, -0.05) is 229 Å². The molecule has 0 aromatic rings. The minimum atomic E-state index is -0.865. The van der Waals surface area contributed by atoms with Gasteiger partial charge in [-0.05, 0) is 64.2 Å². The summed E-state index contributed by atoms with van der Waals surface area (Å²) in [5, 5.41) is 0. The van der Waals surface area contributed by atoms with Crippen molar-refractivity contribution in [1.82, 2.24) is 0 Å². The fourth-order valence-corrected chi connectivity index (χ4v) is 5.12. The van der Waals surface area contributed by atoms with Crippen LogP contribution in [0, 0.1) is 0 Å². The van der Waals surface area contributed by atoms with Crippen LogP contribution in [-0.4, -0.2) is 37.2 Å². The van der Waals surface area contributed by atoms with Crippen molar-refractivity contribution in [2.45, 2.75) is 136 Å². The molecule has 0 aliphatic rings. The number of ether oxygens (including phenoxy) is 3. The number of hydrogen-bond acceptors (Lipinski definition) is 6. The molecule has 0 fully saturated rings. The molecule has 6 heteroatoms. The first-order valence-electron chi connectivity index (χ1n) is 23.0. The van der Waals surface area contributed by atoms with Gasteiger partial charge in [0, 0.05) is 19.3 Å². The van der Waals surface area contributed by atoms with Gasteiger partial charge in [-0.2, -0.15) is 0 Å². The Morgan fingerprint density at radius 2 is 0.645 bits per heavy atom. The monoisotopic (exact) mass is 847 g/mol. The van der Waals surface area contributed by atoms with Crippen molar-refractivity contribution in [1.29, 1.82) is 0 Å². The maximum Gasteiger partial charge on any atom is 0.306 e. The molecule has 338 valence electrons. The highest BCUT2D eigenvalue weighted by Crippen LogP contribution is 2.10. The average molecular weight is 847 g/mol. The van der Waals surface area contributed by atoms with E-state index in [9.17, 15) is 14.4 Å². The summed E-state index contributed by atoms with van der Waals surface area (Å²) >= 11 is 0. The molecule has 0 heterocycles. The van der Waals surface area contributed by atoms with E-state index in [0.717, 1.165) is 64.2 Å². The summed E-state index contributed by atoms with van der Waals surface area (Å²) in [5.41, 5.74) is 0. The van der Waals surface area contributed by atoms with Crippen LogP contribution in [0.1, 0.15) is 130 Å². The van der Waals surface area contributed by atoms with Gasteiger partial charge in [-0.25, -0.2) is 0 Å². The van der Waals surface area contributed by atoms with Gasteiger partial charge >= 0.3 is 17.9 Å². The van der Waals surface area contributed by atoms with Gasteiger partial charge in [0.05, 0.1) is 0 Å². The third-order valence-corrected chi connectivity index (χ3v) is 8.49. The predicted octanol–water partition coefficient (Wildman–Crippen LogP) is 15.0. The number of rotatable bonds is 37. The van der Waals surface area contributed by atoms with Crippen LogP contribution in [0.4, 0.5) is 0 Å². The van der Waals surface area contributed by atoms with Crippen molar-refractivity contribution >= 4 is 17.9 Å². The van der Waals surface area contributed by atoms with Gasteiger partial charge in [0.25, 0.3) is 0 Å². The maximum atomic E-state index is 12.7. The van der Waals surface area contributed by atoms with E-state index in [1.54, 1.807) is 0 Å². The quantitative estimate of drug-likeness (QED) is 0.0268. The third-order valence-electron chi connectivity index (χ3n) is 8.49. The first-order chi connectivity index (χ1) is 30.5. The highest BCUT2D eigenvalue weighted by Gasteiger charge is 2.19. The van der Waals surface area contributed by atoms with Crippen molar-refractivity contribution in [3.8, 4) is 0 Å². The van der Waals surface area contributed by atoms with Gasteiger partial charge in [-0.3, -0.25) is 14.4 Å². The number of esters is 3. The van der Waals surface area contributed by atoms with Gasteiger partial charge in [0.2, 0.25) is 0 Å². The Balaban J connectivity index is 4.69. The smallest absolute Gasteiger partial charge is 0.306 e. The molecule has 0 aliphatic heterocycles. The molecule has 0 saturated heterocycles. The lowest BCUT2D eigenvalue weighted by Crippen LogP contribution is -2.30. The molecule has 0 aromatic carbocycles. The van der Waals surface area contributed by atoms with Gasteiger partial charge in [0.1, 0.15) is 13.2 Å². The van der Waals surface area contributed by atoms with E-state index in [1.807, 2.05) is 146 Å². The Morgan fingerprint density at radius 1 is 0.339 bits per heavy atom. The standard InChI is InChI=1S/C56H78O6/c1-4-7-10-13-16-19-22-25-26-27-28-29-32-34-37-40-43-46-49-55(58)61-52-53(62-56(59)50-47-44-41-38-35-31-24-21-18-15-12-9-6-3)51-60-54(57)48-45-42-39-36-33-30-23-20-17-14-11-8-5-2/h8-31,33,35-36,38-39,41,53H,4-7,32,34,37,40,42-52H2,1-3H3/b11-8-,12-9-,13-10-,17-14-,18-15-,19-16-,23-20-,24-21-,25-22-,27-26-,29-28-,33-30-,35-31-,39-36-,41-38-. The fourth-order valence-electron chi connectivity index (χ4n) is 5.12. The fraction of sp³-hybridized carbons (Fsp3) is 0.411. The van der Waals surface area contributed by atoms with Crippen molar-refractivity contribution in [2.75, 3.05) is 13.2 Å². The summed E-state index contributed by atoms with van der Waals surface area (Å²) in [5.74, 6) is -1.15. The molecular weight excluding hydrogens is 769 g/mol. The normalized spacial score (nSPS) is 13.8. The largest absolute Gasteiger partial charge is 0.462 e. The highest BCUT2D eigenvalue weighted by atomic mass is 16.6. The molecule has 0 bridgehead atoms. The van der Waals surface area contributed by atoms with Crippen LogP contribution in [0.15, 0.2) is 182 Å². The van der Waals surface area contributed by atoms with Crippen molar-refractivity contribution in [3.05, 3.63) is 182 Å². The molecular formula is C56H78O6. The molecule has 1 atom stereocenters. The minimum Gasteiger partial charge on any atom is -0.462 e. The topological polar surface area (TPSA) is 78.9 Å². The summed E-state index contributed by atoms with van der Waals surface area (Å²) < 4.78 is 16.6. The molecule has 0 N–H and O–H groups in total. The first kappa shape index (κ1) is 56.5. The Kier molecular flexibility index (Phi) is 43.9. The number of carbonyl (C=O) groups excluding carboxylic acids is 3. The predicted molar refractivity (Wildman–Crippen MR) is 264 cm³/mol. The maximum absolute atomic E-state index is 12.7. The molecule has 62 heavy (non-hydrogen) atoms. The molecule has 0 saturated carbocycles. The van der Waals surface area contributed by atoms with Crippen molar-refractivity contribution in [2.24, 2.45) is 0 Å². The third kappa shape index (κ3) is 45.6. The Bertz CT molecular complexity index is 1580. The molecule has 0 radical (unpaired) electrons. The van der Waals surface area contributed by atoms with Crippen LogP contribution in [-0.2, 0) is 28.6 Å². The van der Waals surface area contributed by atoms with E-state index in [1.165, 1.54) is 6.42 Å². The van der Waals surface area contributed by atoms with Crippen LogP contribution in [0.3, 0.4) is 0 Å². The zero-order chi connectivity index (χ0) is 45.1. The first-order valence-corrected chi connectivity index (χ1v) is 23.0. The van der Waals surface area contributed by atoms with E-state index in [0.29, 0.717) is 25.7 Å². The van der Waals surface area contributed by atoms with Crippen LogP contribution >= 0.6 is 0 Å². The van der Waals surface area contributed by atoms with Crippen LogP contribution in [0.2, 0.25) is 0 Å². The molecule has 1 unspecified atom stereocenters. The average Bonchev–Trinajstić information content (AvgIpc) is 3.27. The van der Waals surface area contributed by atoms with Crippen LogP contribution in [0.5, 0.6) is 0 Å². The summed E-state index contributed by atoms with van der Waals surface area (Å²) in [7, 11) is 0. The second-order valence-corrected chi connectivity index (χ2v) is 14.2. The van der Waals surface area contributed by atoms with E-state index >= 15 is 0 Å². The lowest BCUT2D eigenvalue weighted by Gasteiger charge is -2.18. The molecule has 6 nitrogen and oxygen atoms in total. The second-order valence-electron chi connectivity index (χ2n) is 14.2. The minimum absolute atomic E-state index is 0.154. The van der Waals surface area contributed by atoms with E-state index in [4.69, 9.17) is 14.2 Å². The molecule has 0 aliphatic carbocycles. The Hall–Kier alpha value is -5.49. The van der Waals surface area contributed by atoms with Gasteiger partial charge < -0.3 is 14.2 Å². The summed E-state index contributed by atoms with van der Waals surface area (Å²) in [4.78, 5) is 37.8. The summed E-state index contributed by atoms with van der Waals surface area (Å²) in [6.07, 6.45) is 73.1. The van der Waals surface area contributed by atoms with E-state index in [2.05, 4.69) is 57.2 Å². The van der Waals surface area contributed by atoms with Crippen LogP contribution < -0.4 is 0 Å². The van der Waals surface area contributed by atoms with Crippen LogP contribution in [0.25, 0.3) is 0 Å². The SMILES string of the molecule is CC\C=C/C=C\C=C/C=C\C=C/CCCC(=O)OCC(COC(=O)CCCCCCC\C=C/C=C\C=C/C=C\C=C/CCC)OC(=O)CCC\C=C/C=C\C=C/C=C\C=C/CC. The van der Waals surface area contributed by atoms with E-state index in [-0.39, 0.29) is 38.0 Å². The molecule has 0 rings (SSSR count). The molecule has 0 spiro atoms. The molecule has 0 aromatic heterocycles. The van der Waals surface area contributed by atoms with Crippen molar-refractivity contribution < 1.29 is 28.6 Å². The van der Waals surface area contributed by atoms with Gasteiger partial charge in [0.15, 0.2) is 6.10 Å². The summed E-state index contributed by atoms with van der Waals surface area (Å²) in [6, 6.07) is 0. The number of allylic oxidation sites excluding steroid dienone is 30. The summed E-state index contributed by atoms with van der Waals surface area (Å²) in [6.45, 7) is 6.05. The number of hydrogen-bond donors (Lipinski definition) is 0. The van der Waals surface area contributed by atoms with Gasteiger partial charge in [-0.15, -0.1) is 0 Å². The Morgan fingerprint density at radius 3 is 1.05 bits per heavy atom. The highest BCUT2D eigenvalue weighted by molar-refractivity contribution is 5.71. The lowest BCUT2D eigenvalue weighted by molar-refractivity contribution is -0.167. The van der Waals surface area contributed by atoms with E-state index < -0.39 is 12.1 Å². The number of unbranched alkanes of at least 4 members (excludes halogenated alkanes) is 8. The zero-order valence-corrected chi connectivity index (χ0v) is 38.3. The van der Waals surface area contributed by atoms with Crippen molar-refractivity contribution in [3.63, 3.8) is 0 Å². The second kappa shape index (κ2) is 48.2. The zero-order valence-electron chi connectivity index (χ0n) is 38.3. The molecule has 0 amide bonds.